The first-order valence-electron chi connectivity index (χ1n) is 5.40. The van der Waals surface area contributed by atoms with Crippen LogP contribution in [0, 0.1) is 11.7 Å². The van der Waals surface area contributed by atoms with E-state index in [1.54, 1.807) is 12.1 Å². The maximum Gasteiger partial charge on any atom is 0.128 e. The van der Waals surface area contributed by atoms with Crippen molar-refractivity contribution in [2.45, 2.75) is 25.8 Å². The highest BCUT2D eigenvalue weighted by Crippen LogP contribution is 2.42. The Morgan fingerprint density at radius 2 is 2.27 bits per heavy atom. The minimum absolute atomic E-state index is 0.133. The van der Waals surface area contributed by atoms with E-state index in [-0.39, 0.29) is 11.9 Å². The third-order valence-electron chi connectivity index (χ3n) is 2.81. The Labute approximate surface area is 94.6 Å². The van der Waals surface area contributed by atoms with E-state index in [2.05, 4.69) is 5.32 Å². The third-order valence-corrected chi connectivity index (χ3v) is 3.05. The smallest absolute Gasteiger partial charge is 0.128 e. The van der Waals surface area contributed by atoms with Crippen LogP contribution in [-0.4, -0.2) is 6.54 Å². The largest absolute Gasteiger partial charge is 0.310 e. The normalized spacial score (nSPS) is 17.8. The average molecular weight is 228 g/mol. The van der Waals surface area contributed by atoms with Crippen LogP contribution < -0.4 is 5.32 Å². The predicted molar refractivity (Wildman–Crippen MR) is 60.6 cm³/mol. The molecule has 1 unspecified atom stereocenters. The van der Waals surface area contributed by atoms with Crippen LogP contribution in [0.25, 0.3) is 0 Å². The Hall–Kier alpha value is -0.600. The SMILES string of the molecule is CCNC(c1cc(Cl)ccc1F)C1CC1. The summed E-state index contributed by atoms with van der Waals surface area (Å²) in [5, 5.41) is 3.94. The van der Waals surface area contributed by atoms with Crippen molar-refractivity contribution in [2.24, 2.45) is 5.92 Å². The summed E-state index contributed by atoms with van der Waals surface area (Å²) < 4.78 is 13.6. The molecule has 15 heavy (non-hydrogen) atoms. The lowest BCUT2D eigenvalue weighted by Crippen LogP contribution is -2.23. The average Bonchev–Trinajstić information content (AvgIpc) is 3.02. The van der Waals surface area contributed by atoms with Gasteiger partial charge in [-0.25, -0.2) is 4.39 Å². The number of nitrogens with one attached hydrogen (secondary N) is 1. The molecule has 1 atom stereocenters. The van der Waals surface area contributed by atoms with E-state index in [4.69, 9.17) is 11.6 Å². The predicted octanol–water partition coefficient (Wildman–Crippen LogP) is 3.54. The molecule has 0 spiro atoms. The summed E-state index contributed by atoms with van der Waals surface area (Å²) in [7, 11) is 0. The van der Waals surface area contributed by atoms with Gasteiger partial charge in [0.15, 0.2) is 0 Å². The zero-order valence-electron chi connectivity index (χ0n) is 8.76. The second kappa shape index (κ2) is 4.50. The fraction of sp³-hybridized carbons (Fsp3) is 0.500. The summed E-state index contributed by atoms with van der Waals surface area (Å²) in [6.07, 6.45) is 2.37. The molecule has 1 aromatic carbocycles. The summed E-state index contributed by atoms with van der Waals surface area (Å²) in [6, 6.07) is 4.91. The molecule has 1 aliphatic rings. The van der Waals surface area contributed by atoms with Gasteiger partial charge in [0.05, 0.1) is 0 Å². The second-order valence-electron chi connectivity index (χ2n) is 4.04. The maximum absolute atomic E-state index is 13.6. The summed E-state index contributed by atoms with van der Waals surface area (Å²) in [6.45, 7) is 2.89. The van der Waals surface area contributed by atoms with E-state index in [1.165, 1.54) is 18.9 Å². The molecule has 1 fully saturated rings. The fourth-order valence-electron chi connectivity index (χ4n) is 1.93. The van der Waals surface area contributed by atoms with Crippen LogP contribution in [0.15, 0.2) is 18.2 Å². The Morgan fingerprint density at radius 3 is 2.87 bits per heavy atom. The van der Waals surface area contributed by atoms with Crippen molar-refractivity contribution in [3.05, 3.63) is 34.6 Å². The first-order valence-corrected chi connectivity index (χ1v) is 5.78. The van der Waals surface area contributed by atoms with E-state index in [0.717, 1.165) is 6.54 Å². The van der Waals surface area contributed by atoms with Crippen LogP contribution in [0.3, 0.4) is 0 Å². The van der Waals surface area contributed by atoms with E-state index in [1.807, 2.05) is 6.92 Å². The Kier molecular flexibility index (Phi) is 3.27. The van der Waals surface area contributed by atoms with Crippen molar-refractivity contribution in [3.63, 3.8) is 0 Å². The molecule has 1 saturated carbocycles. The van der Waals surface area contributed by atoms with Gasteiger partial charge in [0.2, 0.25) is 0 Å². The molecule has 1 nitrogen and oxygen atoms in total. The first-order chi connectivity index (χ1) is 7.22. The zero-order valence-corrected chi connectivity index (χ0v) is 9.52. The molecular formula is C12H15ClFN. The number of halogens is 2. The van der Waals surface area contributed by atoms with Crippen molar-refractivity contribution in [2.75, 3.05) is 6.54 Å². The van der Waals surface area contributed by atoms with Gasteiger partial charge in [-0.1, -0.05) is 18.5 Å². The minimum Gasteiger partial charge on any atom is -0.310 e. The van der Waals surface area contributed by atoms with E-state index < -0.39 is 0 Å². The van der Waals surface area contributed by atoms with Crippen LogP contribution in [0.4, 0.5) is 4.39 Å². The summed E-state index contributed by atoms with van der Waals surface area (Å²) in [5.74, 6) is 0.426. The van der Waals surface area contributed by atoms with Crippen LogP contribution in [0.2, 0.25) is 5.02 Å². The summed E-state index contributed by atoms with van der Waals surface area (Å²) in [4.78, 5) is 0. The number of rotatable bonds is 4. The van der Waals surface area contributed by atoms with Crippen molar-refractivity contribution < 1.29 is 4.39 Å². The molecule has 1 aliphatic carbocycles. The van der Waals surface area contributed by atoms with E-state index in [0.29, 0.717) is 16.5 Å². The molecule has 0 radical (unpaired) electrons. The molecule has 0 saturated heterocycles. The lowest BCUT2D eigenvalue weighted by molar-refractivity contribution is 0.469. The van der Waals surface area contributed by atoms with Gasteiger partial charge in [-0.05, 0) is 43.5 Å². The minimum atomic E-state index is -0.155. The topological polar surface area (TPSA) is 12.0 Å². The highest BCUT2D eigenvalue weighted by molar-refractivity contribution is 6.30. The van der Waals surface area contributed by atoms with Gasteiger partial charge in [-0.15, -0.1) is 0 Å². The Balaban J connectivity index is 2.27. The Morgan fingerprint density at radius 1 is 1.53 bits per heavy atom. The number of hydrogen-bond acceptors (Lipinski definition) is 1. The number of benzene rings is 1. The summed E-state index contributed by atoms with van der Waals surface area (Å²) >= 11 is 5.89. The van der Waals surface area contributed by atoms with Crippen LogP contribution in [0.1, 0.15) is 31.4 Å². The lowest BCUT2D eigenvalue weighted by atomic mass is 10.0. The molecule has 3 heteroatoms. The van der Waals surface area contributed by atoms with Gasteiger partial charge in [0, 0.05) is 16.6 Å². The second-order valence-corrected chi connectivity index (χ2v) is 4.48. The lowest BCUT2D eigenvalue weighted by Gasteiger charge is -2.18. The van der Waals surface area contributed by atoms with Gasteiger partial charge >= 0.3 is 0 Å². The zero-order chi connectivity index (χ0) is 10.8. The van der Waals surface area contributed by atoms with Crippen LogP contribution in [0.5, 0.6) is 0 Å². The van der Waals surface area contributed by atoms with Gasteiger partial charge in [-0.3, -0.25) is 0 Å². The van der Waals surface area contributed by atoms with Gasteiger partial charge in [0.1, 0.15) is 5.82 Å². The van der Waals surface area contributed by atoms with Crippen LogP contribution in [-0.2, 0) is 0 Å². The molecule has 0 aromatic heterocycles. The van der Waals surface area contributed by atoms with E-state index >= 15 is 0 Å². The highest BCUT2D eigenvalue weighted by Gasteiger charge is 2.33. The molecule has 1 aromatic rings. The molecule has 0 heterocycles. The molecule has 0 aliphatic heterocycles. The maximum atomic E-state index is 13.6. The van der Waals surface area contributed by atoms with Crippen molar-refractivity contribution in [1.82, 2.24) is 5.32 Å². The molecular weight excluding hydrogens is 213 g/mol. The fourth-order valence-corrected chi connectivity index (χ4v) is 2.11. The van der Waals surface area contributed by atoms with Crippen LogP contribution >= 0.6 is 11.6 Å². The number of hydrogen-bond donors (Lipinski definition) is 1. The first kappa shape index (κ1) is 10.9. The van der Waals surface area contributed by atoms with Crippen molar-refractivity contribution in [1.29, 1.82) is 0 Å². The monoisotopic (exact) mass is 227 g/mol. The van der Waals surface area contributed by atoms with Crippen molar-refractivity contribution in [3.8, 4) is 0 Å². The summed E-state index contributed by atoms with van der Waals surface area (Å²) in [5.41, 5.74) is 0.715. The van der Waals surface area contributed by atoms with Crippen molar-refractivity contribution >= 4 is 11.6 Å². The van der Waals surface area contributed by atoms with Gasteiger partial charge in [0.25, 0.3) is 0 Å². The van der Waals surface area contributed by atoms with Gasteiger partial charge in [-0.2, -0.15) is 0 Å². The quantitative estimate of drug-likeness (QED) is 0.830. The standard InChI is InChI=1S/C12H15ClFN/c1-2-15-12(8-3-4-8)10-7-9(13)5-6-11(10)14/h5-8,12,15H,2-4H2,1H3. The molecule has 0 amide bonds. The Bertz CT molecular complexity index is 349. The highest BCUT2D eigenvalue weighted by atomic mass is 35.5. The van der Waals surface area contributed by atoms with E-state index in [9.17, 15) is 4.39 Å². The third kappa shape index (κ3) is 2.50. The molecule has 2 rings (SSSR count). The molecule has 1 N–H and O–H groups in total. The molecule has 0 bridgehead atoms. The van der Waals surface area contributed by atoms with Gasteiger partial charge < -0.3 is 5.32 Å². The molecule has 82 valence electrons.